The molecule has 19 heavy (non-hydrogen) atoms. The average Bonchev–Trinajstić information content (AvgIpc) is 2.39. The first-order valence-corrected chi connectivity index (χ1v) is 7.40. The van der Waals surface area contributed by atoms with E-state index in [2.05, 4.69) is 10.6 Å². The van der Waals surface area contributed by atoms with Crippen LogP contribution in [0.5, 0.6) is 0 Å². The van der Waals surface area contributed by atoms with E-state index in [4.69, 9.17) is 5.11 Å². The van der Waals surface area contributed by atoms with Crippen molar-refractivity contribution in [3.05, 3.63) is 0 Å². The monoisotopic (exact) mass is 270 g/mol. The van der Waals surface area contributed by atoms with Gasteiger partial charge in [-0.15, -0.1) is 0 Å². The lowest BCUT2D eigenvalue weighted by atomic mass is 9.87. The number of rotatable bonds is 7. The number of aliphatic carboxylic acids is 1. The van der Waals surface area contributed by atoms with Gasteiger partial charge in [-0.25, -0.2) is 9.59 Å². The first kappa shape index (κ1) is 15.8. The summed E-state index contributed by atoms with van der Waals surface area (Å²) in [6.07, 6.45) is 8.65. The lowest BCUT2D eigenvalue weighted by molar-refractivity contribution is -0.139. The van der Waals surface area contributed by atoms with Crippen LogP contribution in [0.4, 0.5) is 4.79 Å². The predicted molar refractivity (Wildman–Crippen MR) is 74.1 cm³/mol. The number of hydrogen-bond donors (Lipinski definition) is 3. The van der Waals surface area contributed by atoms with Crippen molar-refractivity contribution in [2.45, 2.75) is 64.3 Å². The maximum atomic E-state index is 11.6. The Balaban J connectivity index is 2.17. The van der Waals surface area contributed by atoms with Gasteiger partial charge in [0.1, 0.15) is 6.04 Å². The summed E-state index contributed by atoms with van der Waals surface area (Å²) in [5.74, 6) is -0.246. The Bertz CT molecular complexity index is 288. The molecule has 0 spiro atoms. The molecule has 1 aliphatic rings. The molecule has 5 nitrogen and oxygen atoms in total. The molecular formula is C14H26N2O3. The quantitative estimate of drug-likeness (QED) is 0.665. The number of carbonyl (C=O) groups excluding carboxylic acids is 1. The molecule has 1 atom stereocenters. The topological polar surface area (TPSA) is 78.4 Å². The van der Waals surface area contributed by atoms with Gasteiger partial charge in [0, 0.05) is 6.54 Å². The third-order valence-corrected chi connectivity index (χ3v) is 3.74. The van der Waals surface area contributed by atoms with E-state index in [9.17, 15) is 9.59 Å². The molecule has 1 saturated carbocycles. The highest BCUT2D eigenvalue weighted by Crippen LogP contribution is 2.25. The second kappa shape index (κ2) is 8.77. The van der Waals surface area contributed by atoms with Crippen LogP contribution in [0.1, 0.15) is 58.3 Å². The van der Waals surface area contributed by atoms with Crippen LogP contribution in [-0.4, -0.2) is 29.7 Å². The highest BCUT2D eigenvalue weighted by molar-refractivity contribution is 5.82. The number of amides is 2. The normalized spacial score (nSPS) is 17.7. The highest BCUT2D eigenvalue weighted by Gasteiger charge is 2.19. The Morgan fingerprint density at radius 3 is 2.53 bits per heavy atom. The van der Waals surface area contributed by atoms with Gasteiger partial charge in [-0.2, -0.15) is 0 Å². The van der Waals surface area contributed by atoms with Crippen LogP contribution in [0.25, 0.3) is 0 Å². The predicted octanol–water partition coefficient (Wildman–Crippen LogP) is 2.51. The summed E-state index contributed by atoms with van der Waals surface area (Å²) in [5.41, 5.74) is 0. The average molecular weight is 270 g/mol. The molecule has 1 rings (SSSR count). The van der Waals surface area contributed by atoms with Crippen LogP contribution in [0.2, 0.25) is 0 Å². The fraction of sp³-hybridized carbons (Fsp3) is 0.857. The van der Waals surface area contributed by atoms with Gasteiger partial charge in [0.25, 0.3) is 0 Å². The summed E-state index contributed by atoms with van der Waals surface area (Å²) < 4.78 is 0. The second-order valence-electron chi connectivity index (χ2n) is 5.37. The van der Waals surface area contributed by atoms with Crippen LogP contribution < -0.4 is 10.6 Å². The number of carbonyl (C=O) groups is 2. The number of carboxylic acids is 1. The SMILES string of the molecule is CCCC(NC(=O)NCCC1CCCCC1)C(=O)O. The lowest BCUT2D eigenvalue weighted by Gasteiger charge is -2.21. The lowest BCUT2D eigenvalue weighted by Crippen LogP contribution is -2.46. The van der Waals surface area contributed by atoms with E-state index in [-0.39, 0.29) is 6.03 Å². The van der Waals surface area contributed by atoms with E-state index < -0.39 is 12.0 Å². The van der Waals surface area contributed by atoms with E-state index in [0.29, 0.717) is 13.0 Å². The van der Waals surface area contributed by atoms with Crippen molar-refractivity contribution in [3.63, 3.8) is 0 Å². The molecule has 0 radical (unpaired) electrons. The van der Waals surface area contributed by atoms with Crippen molar-refractivity contribution in [2.24, 2.45) is 5.92 Å². The van der Waals surface area contributed by atoms with E-state index in [1.54, 1.807) is 0 Å². The van der Waals surface area contributed by atoms with E-state index in [1.807, 2.05) is 6.92 Å². The van der Waals surface area contributed by atoms with Gasteiger partial charge in [0.2, 0.25) is 0 Å². The van der Waals surface area contributed by atoms with Crippen molar-refractivity contribution in [3.8, 4) is 0 Å². The molecule has 0 heterocycles. The van der Waals surface area contributed by atoms with Crippen molar-refractivity contribution >= 4 is 12.0 Å². The first-order valence-electron chi connectivity index (χ1n) is 7.40. The molecule has 3 N–H and O–H groups in total. The minimum atomic E-state index is -0.968. The van der Waals surface area contributed by atoms with Gasteiger partial charge >= 0.3 is 12.0 Å². The van der Waals surface area contributed by atoms with Crippen molar-refractivity contribution in [1.82, 2.24) is 10.6 Å². The van der Waals surface area contributed by atoms with Crippen LogP contribution in [-0.2, 0) is 4.79 Å². The number of urea groups is 1. The van der Waals surface area contributed by atoms with E-state index in [1.165, 1.54) is 32.1 Å². The van der Waals surface area contributed by atoms with Crippen molar-refractivity contribution < 1.29 is 14.7 Å². The van der Waals surface area contributed by atoms with Crippen molar-refractivity contribution in [2.75, 3.05) is 6.54 Å². The van der Waals surface area contributed by atoms with Crippen LogP contribution in [0.3, 0.4) is 0 Å². The highest BCUT2D eigenvalue weighted by atomic mass is 16.4. The van der Waals surface area contributed by atoms with Gasteiger partial charge in [-0.1, -0.05) is 45.4 Å². The van der Waals surface area contributed by atoms with E-state index >= 15 is 0 Å². The standard InChI is InChI=1S/C14H26N2O3/c1-2-6-12(13(17)18)16-14(19)15-10-9-11-7-4-3-5-8-11/h11-12H,2-10H2,1H3,(H,17,18)(H2,15,16,19). The molecule has 0 aliphatic heterocycles. The van der Waals surface area contributed by atoms with Gasteiger partial charge in [-0.05, 0) is 18.8 Å². The zero-order valence-electron chi connectivity index (χ0n) is 11.8. The Morgan fingerprint density at radius 1 is 1.26 bits per heavy atom. The molecule has 0 aromatic heterocycles. The summed E-state index contributed by atoms with van der Waals surface area (Å²) in [6, 6.07) is -1.14. The molecular weight excluding hydrogens is 244 g/mol. The van der Waals surface area contributed by atoms with Crippen molar-refractivity contribution in [1.29, 1.82) is 0 Å². The van der Waals surface area contributed by atoms with E-state index in [0.717, 1.165) is 18.8 Å². The number of nitrogens with one attached hydrogen (secondary N) is 2. The molecule has 5 heteroatoms. The van der Waals surface area contributed by atoms with Gasteiger partial charge in [0.05, 0.1) is 0 Å². The smallest absolute Gasteiger partial charge is 0.326 e. The molecule has 110 valence electrons. The van der Waals surface area contributed by atoms with Crippen LogP contribution in [0.15, 0.2) is 0 Å². The third-order valence-electron chi connectivity index (χ3n) is 3.74. The molecule has 1 aliphatic carbocycles. The summed E-state index contributed by atoms with van der Waals surface area (Å²) in [5, 5.41) is 14.2. The Morgan fingerprint density at radius 2 is 1.95 bits per heavy atom. The summed E-state index contributed by atoms with van der Waals surface area (Å²) >= 11 is 0. The largest absolute Gasteiger partial charge is 0.480 e. The molecule has 0 aromatic carbocycles. The number of carboxylic acid groups (broad SMARTS) is 1. The summed E-state index contributed by atoms with van der Waals surface area (Å²) in [6.45, 7) is 2.54. The Kier molecular flexibility index (Phi) is 7.30. The summed E-state index contributed by atoms with van der Waals surface area (Å²) in [4.78, 5) is 22.5. The van der Waals surface area contributed by atoms with Crippen LogP contribution >= 0.6 is 0 Å². The zero-order valence-corrected chi connectivity index (χ0v) is 11.8. The molecule has 0 aromatic rings. The third kappa shape index (κ3) is 6.45. The Labute approximate surface area is 115 Å². The first-order chi connectivity index (χ1) is 9.13. The van der Waals surface area contributed by atoms with Gasteiger partial charge in [-0.3, -0.25) is 0 Å². The minimum absolute atomic E-state index is 0.364. The van der Waals surface area contributed by atoms with Gasteiger partial charge < -0.3 is 15.7 Å². The molecule has 1 fully saturated rings. The zero-order chi connectivity index (χ0) is 14.1. The molecule has 0 saturated heterocycles. The summed E-state index contributed by atoms with van der Waals surface area (Å²) in [7, 11) is 0. The molecule has 2 amide bonds. The minimum Gasteiger partial charge on any atom is -0.480 e. The fourth-order valence-electron chi connectivity index (χ4n) is 2.62. The van der Waals surface area contributed by atoms with Crippen LogP contribution in [0, 0.1) is 5.92 Å². The molecule has 0 bridgehead atoms. The second-order valence-corrected chi connectivity index (χ2v) is 5.37. The Hall–Kier alpha value is -1.26. The molecule has 1 unspecified atom stereocenters. The maximum absolute atomic E-state index is 11.6. The van der Waals surface area contributed by atoms with Gasteiger partial charge in [0.15, 0.2) is 0 Å². The maximum Gasteiger partial charge on any atom is 0.326 e. The number of hydrogen-bond acceptors (Lipinski definition) is 2. The fourth-order valence-corrected chi connectivity index (χ4v) is 2.62.